The van der Waals surface area contributed by atoms with Crippen LogP contribution in [0.15, 0.2) is 24.3 Å². The topological polar surface area (TPSA) is 67.1 Å². The Morgan fingerprint density at radius 1 is 1.29 bits per heavy atom. The fourth-order valence-electron chi connectivity index (χ4n) is 1.92. The fraction of sp³-hybridized carbons (Fsp3) is 0.500. The third kappa shape index (κ3) is 5.26. The van der Waals surface area contributed by atoms with Gasteiger partial charge in [0.15, 0.2) is 0 Å². The van der Waals surface area contributed by atoms with Crippen LogP contribution in [0.1, 0.15) is 25.8 Å². The van der Waals surface area contributed by atoms with Crippen LogP contribution < -0.4 is 16.4 Å². The van der Waals surface area contributed by atoms with Crippen LogP contribution in [0.4, 0.5) is 23.7 Å². The van der Waals surface area contributed by atoms with Crippen LogP contribution in [-0.4, -0.2) is 18.6 Å². The van der Waals surface area contributed by atoms with Crippen LogP contribution in [0, 0.1) is 5.92 Å². The van der Waals surface area contributed by atoms with E-state index in [0.29, 0.717) is 13.0 Å². The van der Waals surface area contributed by atoms with Gasteiger partial charge in [-0.05, 0) is 31.0 Å². The lowest BCUT2D eigenvalue weighted by Crippen LogP contribution is -2.42. The van der Waals surface area contributed by atoms with Gasteiger partial charge in [0.2, 0.25) is 0 Å². The summed E-state index contributed by atoms with van der Waals surface area (Å²) in [6.07, 6.45) is -3.95. The summed E-state index contributed by atoms with van der Waals surface area (Å²) in [7, 11) is 0. The highest BCUT2D eigenvalue weighted by atomic mass is 19.4. The summed E-state index contributed by atoms with van der Waals surface area (Å²) in [6.45, 7) is 4.21. The average Bonchev–Trinajstić information content (AvgIpc) is 2.37. The number of hydrogen-bond acceptors (Lipinski definition) is 2. The number of nitrogens with two attached hydrogens (primary N) is 1. The number of urea groups is 1. The van der Waals surface area contributed by atoms with E-state index in [4.69, 9.17) is 5.73 Å². The molecule has 7 heteroatoms. The van der Waals surface area contributed by atoms with Crippen LogP contribution in [-0.2, 0) is 6.18 Å². The molecule has 0 bridgehead atoms. The molecule has 1 unspecified atom stereocenters. The van der Waals surface area contributed by atoms with Crippen molar-refractivity contribution in [2.24, 2.45) is 11.7 Å². The molecule has 21 heavy (non-hydrogen) atoms. The number of anilines is 1. The molecule has 0 saturated heterocycles. The molecule has 118 valence electrons. The van der Waals surface area contributed by atoms with Crippen molar-refractivity contribution >= 4 is 11.7 Å². The van der Waals surface area contributed by atoms with E-state index < -0.39 is 17.8 Å². The Morgan fingerprint density at radius 2 is 1.90 bits per heavy atom. The molecule has 4 nitrogen and oxygen atoms in total. The van der Waals surface area contributed by atoms with Gasteiger partial charge in [-0.25, -0.2) is 4.79 Å². The number of alkyl halides is 3. The molecule has 2 amide bonds. The summed E-state index contributed by atoms with van der Waals surface area (Å²) in [5.74, 6) is 0.136. The number of amides is 2. The van der Waals surface area contributed by atoms with Crippen molar-refractivity contribution in [2.45, 2.75) is 32.5 Å². The fourth-order valence-corrected chi connectivity index (χ4v) is 1.92. The SMILES string of the molecule is CC(C)C(CCN)NC(=O)Nc1ccccc1C(F)(F)F. The van der Waals surface area contributed by atoms with Crippen molar-refractivity contribution in [2.75, 3.05) is 11.9 Å². The van der Waals surface area contributed by atoms with Crippen LogP contribution >= 0.6 is 0 Å². The Hall–Kier alpha value is -1.76. The Labute approximate surface area is 121 Å². The molecule has 1 aromatic carbocycles. The molecule has 0 aliphatic rings. The Bertz CT molecular complexity index is 475. The predicted molar refractivity (Wildman–Crippen MR) is 75.9 cm³/mol. The molecule has 1 rings (SSSR count). The quantitative estimate of drug-likeness (QED) is 0.782. The molecule has 0 aliphatic heterocycles. The minimum Gasteiger partial charge on any atom is -0.335 e. The number of nitrogens with one attached hydrogen (secondary N) is 2. The van der Waals surface area contributed by atoms with E-state index in [1.54, 1.807) is 0 Å². The van der Waals surface area contributed by atoms with Gasteiger partial charge in [-0.2, -0.15) is 13.2 Å². The van der Waals surface area contributed by atoms with Gasteiger partial charge in [0.1, 0.15) is 0 Å². The van der Waals surface area contributed by atoms with Crippen LogP contribution in [0.5, 0.6) is 0 Å². The molecular weight excluding hydrogens is 283 g/mol. The number of carbonyl (C=O) groups excluding carboxylic acids is 1. The van der Waals surface area contributed by atoms with E-state index in [1.165, 1.54) is 18.2 Å². The molecular formula is C14H20F3N3O. The maximum absolute atomic E-state index is 12.8. The molecule has 1 atom stereocenters. The highest BCUT2D eigenvalue weighted by Crippen LogP contribution is 2.34. The first kappa shape index (κ1) is 17.3. The molecule has 0 heterocycles. The maximum Gasteiger partial charge on any atom is 0.418 e. The lowest BCUT2D eigenvalue weighted by atomic mass is 10.0. The minimum absolute atomic E-state index is 0.136. The molecule has 0 aromatic heterocycles. The summed E-state index contributed by atoms with van der Waals surface area (Å²) in [5, 5.41) is 4.90. The number of hydrogen-bond donors (Lipinski definition) is 3. The van der Waals surface area contributed by atoms with Gasteiger partial charge in [-0.3, -0.25) is 0 Å². The van der Waals surface area contributed by atoms with Crippen LogP contribution in [0.25, 0.3) is 0 Å². The second-order valence-corrected chi connectivity index (χ2v) is 5.07. The molecule has 0 fully saturated rings. The Balaban J connectivity index is 2.80. The van der Waals surface area contributed by atoms with Crippen LogP contribution in [0.3, 0.4) is 0 Å². The standard InChI is InChI=1S/C14H20F3N3O/c1-9(2)11(7-8-18)19-13(21)20-12-6-4-3-5-10(12)14(15,16)17/h3-6,9,11H,7-8,18H2,1-2H3,(H2,19,20,21). The third-order valence-electron chi connectivity index (χ3n) is 3.08. The van der Waals surface area contributed by atoms with Crippen molar-refractivity contribution in [3.63, 3.8) is 0 Å². The van der Waals surface area contributed by atoms with E-state index in [2.05, 4.69) is 10.6 Å². The number of carbonyl (C=O) groups is 1. The summed E-state index contributed by atoms with van der Waals surface area (Å²) in [6, 6.07) is 4.00. The van der Waals surface area contributed by atoms with Crippen molar-refractivity contribution in [1.29, 1.82) is 0 Å². The van der Waals surface area contributed by atoms with Gasteiger partial charge < -0.3 is 16.4 Å². The van der Waals surface area contributed by atoms with E-state index in [-0.39, 0.29) is 17.6 Å². The molecule has 0 saturated carbocycles. The largest absolute Gasteiger partial charge is 0.418 e. The Kier molecular flexibility index (Phi) is 6.02. The van der Waals surface area contributed by atoms with Crippen molar-refractivity contribution in [3.8, 4) is 0 Å². The molecule has 1 aromatic rings. The number of para-hydroxylation sites is 1. The second-order valence-electron chi connectivity index (χ2n) is 5.07. The predicted octanol–water partition coefficient (Wildman–Crippen LogP) is 3.20. The lowest BCUT2D eigenvalue weighted by Gasteiger charge is -2.22. The van der Waals surface area contributed by atoms with Gasteiger partial charge in [0, 0.05) is 6.04 Å². The van der Waals surface area contributed by atoms with Crippen molar-refractivity contribution < 1.29 is 18.0 Å². The van der Waals surface area contributed by atoms with E-state index >= 15 is 0 Å². The zero-order valence-electron chi connectivity index (χ0n) is 12.0. The average molecular weight is 303 g/mol. The maximum atomic E-state index is 12.8. The highest BCUT2D eigenvalue weighted by Gasteiger charge is 2.33. The molecule has 0 spiro atoms. The van der Waals surface area contributed by atoms with Gasteiger partial charge >= 0.3 is 12.2 Å². The van der Waals surface area contributed by atoms with E-state index in [1.807, 2.05) is 13.8 Å². The first-order valence-corrected chi connectivity index (χ1v) is 6.69. The zero-order chi connectivity index (χ0) is 16.0. The van der Waals surface area contributed by atoms with Gasteiger partial charge in [0.25, 0.3) is 0 Å². The van der Waals surface area contributed by atoms with Crippen molar-refractivity contribution in [3.05, 3.63) is 29.8 Å². The summed E-state index contributed by atoms with van der Waals surface area (Å²) in [4.78, 5) is 11.9. The summed E-state index contributed by atoms with van der Waals surface area (Å²) >= 11 is 0. The van der Waals surface area contributed by atoms with Gasteiger partial charge in [-0.15, -0.1) is 0 Å². The monoisotopic (exact) mass is 303 g/mol. The van der Waals surface area contributed by atoms with Gasteiger partial charge in [0.05, 0.1) is 11.3 Å². The summed E-state index contributed by atoms with van der Waals surface area (Å²) < 4.78 is 38.5. The number of benzene rings is 1. The van der Waals surface area contributed by atoms with Crippen molar-refractivity contribution in [1.82, 2.24) is 5.32 Å². The van der Waals surface area contributed by atoms with Gasteiger partial charge in [-0.1, -0.05) is 26.0 Å². The minimum atomic E-state index is -4.52. The zero-order valence-corrected chi connectivity index (χ0v) is 12.0. The third-order valence-corrected chi connectivity index (χ3v) is 3.08. The first-order chi connectivity index (χ1) is 9.75. The first-order valence-electron chi connectivity index (χ1n) is 6.69. The smallest absolute Gasteiger partial charge is 0.335 e. The normalized spacial score (nSPS) is 13.1. The molecule has 4 N–H and O–H groups in total. The van der Waals surface area contributed by atoms with E-state index in [9.17, 15) is 18.0 Å². The second kappa shape index (κ2) is 7.31. The Morgan fingerprint density at radius 3 is 2.43 bits per heavy atom. The highest BCUT2D eigenvalue weighted by molar-refractivity contribution is 5.90. The number of halogens is 3. The summed E-state index contributed by atoms with van der Waals surface area (Å²) in [5.41, 5.74) is 4.32. The molecule has 0 aliphatic carbocycles. The lowest BCUT2D eigenvalue weighted by molar-refractivity contribution is -0.136. The van der Waals surface area contributed by atoms with Crippen LogP contribution in [0.2, 0.25) is 0 Å². The number of rotatable bonds is 5. The van der Waals surface area contributed by atoms with E-state index in [0.717, 1.165) is 6.07 Å². The molecule has 0 radical (unpaired) electrons.